The fraction of sp³-hybridized carbons (Fsp3) is 0. The van der Waals surface area contributed by atoms with Crippen molar-refractivity contribution in [2.24, 2.45) is 0 Å². The zero-order chi connectivity index (χ0) is 19.3. The molecule has 0 spiro atoms. The van der Waals surface area contributed by atoms with Gasteiger partial charge >= 0.3 is 17.1 Å². The predicted molar refractivity (Wildman–Crippen MR) is 124 cm³/mol. The van der Waals surface area contributed by atoms with E-state index < -0.39 is 0 Å². The molecule has 1 nitrogen and oxygen atoms in total. The minimum Gasteiger partial charge on any atom is -0.250 e. The Morgan fingerprint density at radius 1 is 0.690 bits per heavy atom. The summed E-state index contributed by atoms with van der Waals surface area (Å²) in [6.45, 7) is 0. The van der Waals surface area contributed by atoms with Gasteiger partial charge in [-0.3, -0.25) is 4.98 Å². The van der Waals surface area contributed by atoms with Crippen LogP contribution in [0.2, 0.25) is 0 Å². The van der Waals surface area contributed by atoms with E-state index in [-0.39, 0.29) is 17.1 Å². The summed E-state index contributed by atoms with van der Waals surface area (Å²) < 4.78 is 2.04. The Morgan fingerprint density at radius 3 is 1.93 bits per heavy atom. The minimum absolute atomic E-state index is 0. The van der Waals surface area contributed by atoms with E-state index in [1.165, 1.54) is 5.56 Å². The molecule has 3 aromatic rings. The molecular formula is C25H17Br2FeN+2. The molecule has 0 atom stereocenters. The van der Waals surface area contributed by atoms with Crippen LogP contribution < -0.4 is 0 Å². The smallest absolute Gasteiger partial charge is 0.250 e. The molecule has 4 heteroatoms. The van der Waals surface area contributed by atoms with Gasteiger partial charge in [0.25, 0.3) is 0 Å². The fourth-order valence-corrected chi connectivity index (χ4v) is 4.47. The van der Waals surface area contributed by atoms with Gasteiger partial charge in [0.2, 0.25) is 0 Å². The van der Waals surface area contributed by atoms with Crippen molar-refractivity contribution in [1.82, 2.24) is 4.98 Å². The van der Waals surface area contributed by atoms with Crippen molar-refractivity contribution in [3.8, 4) is 11.1 Å². The van der Waals surface area contributed by atoms with Gasteiger partial charge in [0, 0.05) is 25.8 Å². The number of nitrogens with zero attached hydrogens (tertiary/aromatic N) is 1. The minimum atomic E-state index is 0. The van der Waals surface area contributed by atoms with E-state index in [4.69, 9.17) is 4.98 Å². The number of rotatable bonds is 2. The number of hydrogen-bond donors (Lipinski definition) is 0. The van der Waals surface area contributed by atoms with Crippen molar-refractivity contribution < 1.29 is 17.1 Å². The maximum Gasteiger partial charge on any atom is 2.00 e. The van der Waals surface area contributed by atoms with Crippen LogP contribution in [-0.2, 0) is 17.1 Å². The molecule has 1 heterocycles. The predicted octanol–water partition coefficient (Wildman–Crippen LogP) is 7.20. The zero-order valence-corrected chi connectivity index (χ0v) is 19.6. The van der Waals surface area contributed by atoms with Crippen LogP contribution in [0, 0.1) is 63.7 Å². The van der Waals surface area contributed by atoms with E-state index in [1.54, 1.807) is 0 Å². The van der Waals surface area contributed by atoms with Gasteiger partial charge in [-0.25, -0.2) is 0 Å². The molecule has 0 unspecified atom stereocenters. The molecule has 5 rings (SSSR count). The van der Waals surface area contributed by atoms with Crippen molar-refractivity contribution in [2.45, 2.75) is 0 Å². The van der Waals surface area contributed by atoms with Crippen LogP contribution in [0.5, 0.6) is 0 Å². The molecular weight excluding hydrogens is 530 g/mol. The number of aromatic nitrogens is 1. The Bertz CT molecular complexity index is 925. The largest absolute Gasteiger partial charge is 2.00 e. The number of fused-ring (bicyclic) bond motifs is 1. The third-order valence-electron chi connectivity index (χ3n) is 4.41. The van der Waals surface area contributed by atoms with Gasteiger partial charge in [-0.15, -0.1) is 0 Å². The van der Waals surface area contributed by atoms with Crippen LogP contribution in [0.1, 0.15) is 5.69 Å². The molecule has 2 aliphatic carbocycles. The molecule has 2 aliphatic rings. The number of halogens is 2. The summed E-state index contributed by atoms with van der Waals surface area (Å²) in [5, 5.41) is 1.11. The van der Waals surface area contributed by atoms with Crippen molar-refractivity contribution >= 4 is 42.8 Å². The summed E-state index contributed by atoms with van der Waals surface area (Å²) in [5.74, 6) is 1.14. The van der Waals surface area contributed by atoms with Crippen LogP contribution in [0.15, 0.2) is 57.5 Å². The molecule has 142 valence electrons. The molecule has 10 radical (unpaired) electrons. The van der Waals surface area contributed by atoms with E-state index in [9.17, 15) is 0 Å². The Labute approximate surface area is 201 Å². The van der Waals surface area contributed by atoms with E-state index in [1.807, 2.05) is 57.1 Å². The van der Waals surface area contributed by atoms with Crippen LogP contribution in [0.3, 0.4) is 0 Å². The first-order chi connectivity index (χ1) is 13.7. The second-order valence-corrected chi connectivity index (χ2v) is 8.12. The van der Waals surface area contributed by atoms with Crippen LogP contribution in [0.4, 0.5) is 0 Å². The fourth-order valence-electron chi connectivity index (χ4n) is 3.12. The number of hydrogen-bond acceptors (Lipinski definition) is 1. The van der Waals surface area contributed by atoms with Crippen molar-refractivity contribution in [3.05, 3.63) is 127 Å². The molecule has 1 aromatic heterocycles. The topological polar surface area (TPSA) is 12.9 Å². The Balaban J connectivity index is 0.000000352. The number of benzene rings is 2. The average molecular weight is 547 g/mol. The molecule has 29 heavy (non-hydrogen) atoms. The summed E-state index contributed by atoms with van der Waals surface area (Å²) in [4.78, 5) is 4.97. The van der Waals surface area contributed by atoms with E-state index in [2.05, 4.69) is 81.1 Å². The average Bonchev–Trinajstić information content (AvgIpc) is 3.44. The van der Waals surface area contributed by atoms with Gasteiger partial charge in [0.05, 0.1) is 11.2 Å². The SMILES string of the molecule is Brc1cc(Br)c2nc([C]3[CH][CH][CH][CH]3)c(-c3ccccc3)cc2c1.[CH]1[CH][CH][CH][CH]1.[Fe+2]. The van der Waals surface area contributed by atoms with E-state index in [0.29, 0.717) is 0 Å². The summed E-state index contributed by atoms with van der Waals surface area (Å²) in [7, 11) is 0. The molecule has 2 saturated carbocycles. The first-order valence-electron chi connectivity index (χ1n) is 8.96. The van der Waals surface area contributed by atoms with Crippen molar-refractivity contribution in [3.63, 3.8) is 0 Å². The molecule has 2 aromatic carbocycles. The van der Waals surface area contributed by atoms with Gasteiger partial charge < -0.3 is 0 Å². The molecule has 0 amide bonds. The standard InChI is InChI=1S/C20H12Br2N.C5H5.Fe/c21-16-10-15-11-17(13-6-2-1-3-7-13)19(14-8-4-5-9-14)23-20(15)18(22)12-16;1-2-4-5-3-1;/h1-12H;1-5H;/q;;+2. The first kappa shape index (κ1) is 23.0. The van der Waals surface area contributed by atoms with Crippen molar-refractivity contribution in [1.29, 1.82) is 0 Å². The third kappa shape index (κ3) is 5.73. The number of pyridine rings is 1. The van der Waals surface area contributed by atoms with Crippen molar-refractivity contribution in [2.75, 3.05) is 0 Å². The van der Waals surface area contributed by atoms with E-state index in [0.717, 1.165) is 37.0 Å². The van der Waals surface area contributed by atoms with Gasteiger partial charge in [-0.2, -0.15) is 0 Å². The molecule has 0 N–H and O–H groups in total. The normalized spacial score (nSPS) is 16.3. The van der Waals surface area contributed by atoms with Gasteiger partial charge in [-0.1, -0.05) is 46.3 Å². The Morgan fingerprint density at radius 2 is 1.31 bits per heavy atom. The summed E-state index contributed by atoms with van der Waals surface area (Å²) >= 11 is 7.20. The monoisotopic (exact) mass is 545 g/mol. The Kier molecular flexibility index (Phi) is 8.80. The summed E-state index contributed by atoms with van der Waals surface area (Å²) in [6.07, 6.45) is 18.3. The van der Waals surface area contributed by atoms with Gasteiger partial charge in [0.15, 0.2) is 0 Å². The Hall–Kier alpha value is -0.671. The maximum atomic E-state index is 4.97. The first-order valence-corrected chi connectivity index (χ1v) is 10.5. The molecule has 0 aliphatic heterocycles. The summed E-state index contributed by atoms with van der Waals surface area (Å²) in [6, 6.07) is 16.8. The van der Waals surface area contributed by atoms with Crippen LogP contribution in [-0.4, -0.2) is 4.98 Å². The molecule has 2 fully saturated rings. The molecule has 0 saturated heterocycles. The second kappa shape index (κ2) is 11.1. The van der Waals surface area contributed by atoms with Crippen LogP contribution >= 0.6 is 31.9 Å². The third-order valence-corrected chi connectivity index (χ3v) is 5.48. The molecule has 0 bridgehead atoms. The summed E-state index contributed by atoms with van der Waals surface area (Å²) in [5.41, 5.74) is 4.31. The van der Waals surface area contributed by atoms with Gasteiger partial charge in [0.1, 0.15) is 0 Å². The van der Waals surface area contributed by atoms with Crippen LogP contribution in [0.25, 0.3) is 22.0 Å². The quantitative estimate of drug-likeness (QED) is 0.310. The van der Waals surface area contributed by atoms with E-state index >= 15 is 0 Å². The maximum absolute atomic E-state index is 4.97. The second-order valence-electron chi connectivity index (χ2n) is 6.35. The zero-order valence-electron chi connectivity index (χ0n) is 15.4. The van der Waals surface area contributed by atoms with Gasteiger partial charge in [-0.05, 0) is 97.5 Å².